The van der Waals surface area contributed by atoms with Crippen molar-refractivity contribution >= 4 is 17.4 Å². The number of nitrogens with zero attached hydrogens (tertiary/aromatic N) is 2. The third-order valence-corrected chi connectivity index (χ3v) is 4.10. The quantitative estimate of drug-likeness (QED) is 0.689. The van der Waals surface area contributed by atoms with Crippen LogP contribution < -0.4 is 10.6 Å². The molecule has 138 valence electrons. The molecule has 1 aromatic heterocycles. The first-order chi connectivity index (χ1) is 13.0. The van der Waals surface area contributed by atoms with Crippen molar-refractivity contribution in [3.8, 4) is 0 Å². The van der Waals surface area contributed by atoms with E-state index in [1.807, 2.05) is 24.3 Å². The lowest BCUT2D eigenvalue weighted by Gasteiger charge is -2.12. The number of rotatable bonds is 6. The molecule has 2 aromatic carbocycles. The lowest BCUT2D eigenvalue weighted by molar-refractivity contribution is 0.0945. The minimum atomic E-state index is -0.309. The molecule has 3 rings (SSSR count). The highest BCUT2D eigenvalue weighted by Gasteiger charge is 2.11. The van der Waals surface area contributed by atoms with Gasteiger partial charge in [0.25, 0.3) is 5.91 Å². The van der Waals surface area contributed by atoms with Gasteiger partial charge in [-0.1, -0.05) is 37.3 Å². The standard InChI is InChI=1S/C21H21FN4O/c1-3-16-6-4-5-7-18(16)26-20-12-19(24-14(2)25-20)21(27)23-13-15-8-10-17(22)11-9-15/h4-12H,3,13H2,1-2H3,(H,23,27)(H,24,25,26). The van der Waals surface area contributed by atoms with E-state index in [1.54, 1.807) is 25.1 Å². The largest absolute Gasteiger partial charge is 0.347 e. The Morgan fingerprint density at radius 1 is 1.07 bits per heavy atom. The molecule has 0 fully saturated rings. The van der Waals surface area contributed by atoms with E-state index in [9.17, 15) is 9.18 Å². The minimum Gasteiger partial charge on any atom is -0.347 e. The smallest absolute Gasteiger partial charge is 0.270 e. The van der Waals surface area contributed by atoms with Crippen LogP contribution in [-0.4, -0.2) is 15.9 Å². The lowest BCUT2D eigenvalue weighted by Crippen LogP contribution is -2.24. The fourth-order valence-electron chi connectivity index (χ4n) is 2.71. The second kappa shape index (κ2) is 8.40. The van der Waals surface area contributed by atoms with Gasteiger partial charge in [0.15, 0.2) is 0 Å². The topological polar surface area (TPSA) is 66.9 Å². The van der Waals surface area contributed by atoms with Gasteiger partial charge in [0.1, 0.15) is 23.2 Å². The summed E-state index contributed by atoms with van der Waals surface area (Å²) in [5.41, 5.74) is 3.21. The van der Waals surface area contributed by atoms with E-state index in [-0.39, 0.29) is 17.4 Å². The normalized spacial score (nSPS) is 10.5. The van der Waals surface area contributed by atoms with Crippen LogP contribution in [0.25, 0.3) is 0 Å². The van der Waals surface area contributed by atoms with Crippen molar-refractivity contribution in [2.24, 2.45) is 0 Å². The van der Waals surface area contributed by atoms with Crippen LogP contribution in [-0.2, 0) is 13.0 Å². The first-order valence-electron chi connectivity index (χ1n) is 8.78. The average Bonchev–Trinajstić information content (AvgIpc) is 2.67. The van der Waals surface area contributed by atoms with Gasteiger partial charge in [-0.05, 0) is 42.7 Å². The van der Waals surface area contributed by atoms with Gasteiger partial charge in [-0.2, -0.15) is 0 Å². The van der Waals surface area contributed by atoms with Gasteiger partial charge < -0.3 is 10.6 Å². The fourth-order valence-corrected chi connectivity index (χ4v) is 2.71. The maximum atomic E-state index is 13.0. The molecule has 0 spiro atoms. The summed E-state index contributed by atoms with van der Waals surface area (Å²) in [6.07, 6.45) is 0.887. The molecule has 0 bridgehead atoms. The zero-order valence-corrected chi connectivity index (χ0v) is 15.3. The van der Waals surface area contributed by atoms with Crippen LogP contribution >= 0.6 is 0 Å². The molecule has 0 atom stereocenters. The molecule has 2 N–H and O–H groups in total. The molecule has 0 aliphatic carbocycles. The van der Waals surface area contributed by atoms with Crippen LogP contribution in [0, 0.1) is 12.7 Å². The highest BCUT2D eigenvalue weighted by atomic mass is 19.1. The zero-order chi connectivity index (χ0) is 19.2. The summed E-state index contributed by atoms with van der Waals surface area (Å²) in [4.78, 5) is 21.1. The molecule has 0 aliphatic heterocycles. The van der Waals surface area contributed by atoms with Crippen LogP contribution in [0.1, 0.15) is 34.4 Å². The number of benzene rings is 2. The number of nitrogens with one attached hydrogen (secondary N) is 2. The molecule has 1 amide bonds. The lowest BCUT2D eigenvalue weighted by atomic mass is 10.1. The predicted octanol–water partition coefficient (Wildman–Crippen LogP) is 4.16. The Kier molecular flexibility index (Phi) is 5.76. The number of para-hydroxylation sites is 1. The van der Waals surface area contributed by atoms with Gasteiger partial charge in [-0.25, -0.2) is 14.4 Å². The first-order valence-corrected chi connectivity index (χ1v) is 8.78. The number of aryl methyl sites for hydroxylation is 2. The van der Waals surface area contributed by atoms with E-state index in [0.29, 0.717) is 18.2 Å². The number of amides is 1. The zero-order valence-electron chi connectivity index (χ0n) is 15.3. The molecule has 1 heterocycles. The number of halogens is 1. The maximum absolute atomic E-state index is 13.0. The number of anilines is 2. The monoisotopic (exact) mass is 364 g/mol. The van der Waals surface area contributed by atoms with Gasteiger partial charge in [-0.15, -0.1) is 0 Å². The van der Waals surface area contributed by atoms with Gasteiger partial charge >= 0.3 is 0 Å². The first kappa shape index (κ1) is 18.5. The summed E-state index contributed by atoms with van der Waals surface area (Å²) in [5.74, 6) is 0.451. The summed E-state index contributed by atoms with van der Waals surface area (Å²) in [6.45, 7) is 4.12. The number of aromatic nitrogens is 2. The highest BCUT2D eigenvalue weighted by Crippen LogP contribution is 2.20. The van der Waals surface area contributed by atoms with Gasteiger partial charge in [0.2, 0.25) is 0 Å². The van der Waals surface area contributed by atoms with E-state index in [2.05, 4.69) is 27.5 Å². The fraction of sp³-hybridized carbons (Fsp3) is 0.190. The minimum absolute atomic E-state index is 0.279. The van der Waals surface area contributed by atoms with E-state index in [0.717, 1.165) is 23.2 Å². The number of carbonyl (C=O) groups excluding carboxylic acids is 1. The third kappa shape index (κ3) is 4.88. The molecule has 0 radical (unpaired) electrons. The van der Waals surface area contributed by atoms with Crippen molar-refractivity contribution in [2.75, 3.05) is 5.32 Å². The predicted molar refractivity (Wildman–Crippen MR) is 103 cm³/mol. The van der Waals surface area contributed by atoms with E-state index in [4.69, 9.17) is 0 Å². The van der Waals surface area contributed by atoms with Gasteiger partial charge in [0, 0.05) is 18.3 Å². The highest BCUT2D eigenvalue weighted by molar-refractivity contribution is 5.93. The van der Waals surface area contributed by atoms with E-state index in [1.165, 1.54) is 12.1 Å². The van der Waals surface area contributed by atoms with Crippen molar-refractivity contribution in [1.29, 1.82) is 0 Å². The van der Waals surface area contributed by atoms with Crippen molar-refractivity contribution in [3.05, 3.63) is 83.1 Å². The van der Waals surface area contributed by atoms with Crippen LogP contribution in [0.3, 0.4) is 0 Å². The van der Waals surface area contributed by atoms with Crippen LogP contribution in [0.15, 0.2) is 54.6 Å². The van der Waals surface area contributed by atoms with Crippen LogP contribution in [0.4, 0.5) is 15.9 Å². The Hall–Kier alpha value is -3.28. The molecule has 5 nitrogen and oxygen atoms in total. The molecule has 0 saturated heterocycles. The van der Waals surface area contributed by atoms with Crippen LogP contribution in [0.5, 0.6) is 0 Å². The molecule has 0 saturated carbocycles. The van der Waals surface area contributed by atoms with E-state index < -0.39 is 0 Å². The Labute approximate surface area is 157 Å². The molecular formula is C21H21FN4O. The molecule has 3 aromatic rings. The number of carbonyl (C=O) groups is 1. The summed E-state index contributed by atoms with van der Waals surface area (Å²) in [7, 11) is 0. The Balaban J connectivity index is 1.74. The summed E-state index contributed by atoms with van der Waals surface area (Å²) in [5, 5.41) is 6.06. The molecule has 0 unspecified atom stereocenters. The maximum Gasteiger partial charge on any atom is 0.270 e. The summed E-state index contributed by atoms with van der Waals surface area (Å²) < 4.78 is 13.0. The van der Waals surface area contributed by atoms with Gasteiger partial charge in [0.05, 0.1) is 0 Å². The number of hydrogen-bond acceptors (Lipinski definition) is 4. The van der Waals surface area contributed by atoms with Crippen LogP contribution in [0.2, 0.25) is 0 Å². The second-order valence-electron chi connectivity index (χ2n) is 6.13. The Bertz CT molecular complexity index is 941. The molecule has 6 heteroatoms. The van der Waals surface area contributed by atoms with Crippen molar-refractivity contribution in [1.82, 2.24) is 15.3 Å². The second-order valence-corrected chi connectivity index (χ2v) is 6.13. The van der Waals surface area contributed by atoms with E-state index >= 15 is 0 Å². The Morgan fingerprint density at radius 3 is 2.56 bits per heavy atom. The van der Waals surface area contributed by atoms with Crippen molar-refractivity contribution < 1.29 is 9.18 Å². The van der Waals surface area contributed by atoms with Crippen molar-refractivity contribution in [3.63, 3.8) is 0 Å². The Morgan fingerprint density at radius 2 is 1.81 bits per heavy atom. The molecular weight excluding hydrogens is 343 g/mol. The SMILES string of the molecule is CCc1ccccc1Nc1cc(C(=O)NCc2ccc(F)cc2)nc(C)n1. The molecule has 0 aliphatic rings. The third-order valence-electron chi connectivity index (χ3n) is 4.10. The van der Waals surface area contributed by atoms with Crippen molar-refractivity contribution in [2.45, 2.75) is 26.8 Å². The van der Waals surface area contributed by atoms with Gasteiger partial charge in [-0.3, -0.25) is 4.79 Å². The molecule has 27 heavy (non-hydrogen) atoms. The summed E-state index contributed by atoms with van der Waals surface area (Å²) >= 11 is 0. The number of hydrogen-bond donors (Lipinski definition) is 2. The summed E-state index contributed by atoms with van der Waals surface area (Å²) in [6, 6.07) is 15.6. The average molecular weight is 364 g/mol.